The van der Waals surface area contributed by atoms with Gasteiger partial charge in [0.25, 0.3) is 0 Å². The molecule has 1 aliphatic carbocycles. The third-order valence-corrected chi connectivity index (χ3v) is 11.2. The van der Waals surface area contributed by atoms with Gasteiger partial charge in [0.2, 0.25) is 0 Å². The summed E-state index contributed by atoms with van der Waals surface area (Å²) >= 11 is 0. The van der Waals surface area contributed by atoms with Crippen LogP contribution in [-0.4, -0.2) is 15.0 Å². The van der Waals surface area contributed by atoms with Crippen molar-refractivity contribution in [2.24, 2.45) is 0 Å². The molecule has 0 amide bonds. The normalized spacial score (nSPS) is 12.9. The van der Waals surface area contributed by atoms with Gasteiger partial charge in [0.15, 0.2) is 17.5 Å². The maximum absolute atomic E-state index is 6.82. The molecular formula is C52H33N3O. The molecule has 0 N–H and O–H groups in total. The second-order valence-corrected chi connectivity index (χ2v) is 14.3. The molecule has 1 spiro atoms. The van der Waals surface area contributed by atoms with Crippen LogP contribution in [-0.2, 0) is 5.41 Å². The maximum atomic E-state index is 6.82. The first-order valence-corrected chi connectivity index (χ1v) is 18.9. The highest BCUT2D eigenvalue weighted by Crippen LogP contribution is 2.62. The van der Waals surface area contributed by atoms with E-state index < -0.39 is 5.41 Å². The highest BCUT2D eigenvalue weighted by molar-refractivity contribution is 5.89. The van der Waals surface area contributed by atoms with E-state index in [9.17, 15) is 0 Å². The summed E-state index contributed by atoms with van der Waals surface area (Å²) in [5.41, 5.74) is 13.9. The molecule has 1 aliphatic heterocycles. The van der Waals surface area contributed by atoms with Crippen molar-refractivity contribution in [2.75, 3.05) is 0 Å². The van der Waals surface area contributed by atoms with E-state index in [1.807, 2.05) is 42.5 Å². The zero-order chi connectivity index (χ0) is 37.1. The van der Waals surface area contributed by atoms with Crippen molar-refractivity contribution in [2.45, 2.75) is 5.41 Å². The molecule has 9 aromatic rings. The van der Waals surface area contributed by atoms with Crippen molar-refractivity contribution < 1.29 is 4.74 Å². The van der Waals surface area contributed by atoms with Crippen LogP contribution in [0.5, 0.6) is 11.5 Å². The van der Waals surface area contributed by atoms with E-state index in [-0.39, 0.29) is 0 Å². The smallest absolute Gasteiger partial charge is 0.164 e. The minimum absolute atomic E-state index is 0.497. The summed E-state index contributed by atoms with van der Waals surface area (Å²) in [6.07, 6.45) is 0. The first-order chi connectivity index (χ1) is 27.8. The van der Waals surface area contributed by atoms with E-state index >= 15 is 0 Å². The van der Waals surface area contributed by atoms with Crippen LogP contribution in [0, 0.1) is 0 Å². The molecule has 0 saturated carbocycles. The van der Waals surface area contributed by atoms with E-state index in [0.717, 1.165) is 61.6 Å². The predicted octanol–water partition coefficient (Wildman–Crippen LogP) is 12.7. The van der Waals surface area contributed by atoms with Gasteiger partial charge >= 0.3 is 0 Å². The fourth-order valence-electron chi connectivity index (χ4n) is 8.77. The minimum Gasteiger partial charge on any atom is -0.457 e. The number of hydrogen-bond donors (Lipinski definition) is 0. The van der Waals surface area contributed by atoms with Gasteiger partial charge in [-0.1, -0.05) is 182 Å². The van der Waals surface area contributed by atoms with Crippen molar-refractivity contribution in [3.63, 3.8) is 0 Å². The fraction of sp³-hybridized carbons (Fsp3) is 0.0192. The molecule has 0 atom stereocenters. The Balaban J connectivity index is 1.06. The summed E-state index contributed by atoms with van der Waals surface area (Å²) < 4.78 is 6.82. The molecule has 262 valence electrons. The zero-order valence-electron chi connectivity index (χ0n) is 30.3. The molecule has 0 radical (unpaired) electrons. The molecule has 0 unspecified atom stereocenters. The number of rotatable bonds is 5. The molecule has 2 aliphatic rings. The second kappa shape index (κ2) is 12.9. The predicted molar refractivity (Wildman–Crippen MR) is 224 cm³/mol. The summed E-state index contributed by atoms with van der Waals surface area (Å²) in [4.78, 5) is 15.3. The lowest BCUT2D eigenvalue weighted by Crippen LogP contribution is -2.32. The largest absolute Gasteiger partial charge is 0.457 e. The Bertz CT molecular complexity index is 2910. The first kappa shape index (κ1) is 32.0. The molecule has 0 saturated heterocycles. The van der Waals surface area contributed by atoms with Crippen LogP contribution in [0.1, 0.15) is 22.3 Å². The van der Waals surface area contributed by atoms with Crippen molar-refractivity contribution in [1.82, 2.24) is 15.0 Å². The van der Waals surface area contributed by atoms with Crippen molar-refractivity contribution in [1.29, 1.82) is 0 Å². The molecule has 56 heavy (non-hydrogen) atoms. The summed E-state index contributed by atoms with van der Waals surface area (Å²) in [5.74, 6) is 3.59. The van der Waals surface area contributed by atoms with Crippen LogP contribution >= 0.6 is 0 Å². The average Bonchev–Trinajstić information content (AvgIpc) is 3.57. The van der Waals surface area contributed by atoms with Crippen molar-refractivity contribution in [3.05, 3.63) is 222 Å². The summed E-state index contributed by atoms with van der Waals surface area (Å²) in [6.45, 7) is 0. The van der Waals surface area contributed by atoms with Crippen LogP contribution in [0.15, 0.2) is 200 Å². The molecule has 0 bridgehead atoms. The van der Waals surface area contributed by atoms with E-state index in [1.165, 1.54) is 22.3 Å². The quantitative estimate of drug-likeness (QED) is 0.178. The molecule has 1 aromatic heterocycles. The van der Waals surface area contributed by atoms with Crippen molar-refractivity contribution >= 4 is 0 Å². The lowest BCUT2D eigenvalue weighted by Gasteiger charge is -2.39. The summed E-state index contributed by atoms with van der Waals surface area (Å²) in [7, 11) is 0. The Morgan fingerprint density at radius 1 is 0.286 bits per heavy atom. The van der Waals surface area contributed by atoms with E-state index in [0.29, 0.717) is 17.5 Å². The SMILES string of the molecule is c1ccc(-c2nc(-c3cccc(-c4ccc5c(c4)Oc4ccccc4C54c5ccccc5-c5ccccc54)c3)nc(-c3ccccc3-c3ccccc3)n2)cc1. The number of ether oxygens (including phenoxy) is 1. The monoisotopic (exact) mass is 715 g/mol. The van der Waals surface area contributed by atoms with Gasteiger partial charge < -0.3 is 4.74 Å². The molecule has 8 aromatic carbocycles. The fourth-order valence-corrected chi connectivity index (χ4v) is 8.77. The van der Waals surface area contributed by atoms with Gasteiger partial charge in [-0.25, -0.2) is 15.0 Å². The third kappa shape index (κ3) is 4.96. The van der Waals surface area contributed by atoms with Crippen LogP contribution in [0.4, 0.5) is 0 Å². The molecule has 0 fully saturated rings. The Hall–Kier alpha value is -7.43. The standard InChI is InChI=1S/C52H33N3O/c1-3-16-34(17-4-1)39-22-7-8-25-42(39)51-54-49(35-18-5-2-6-19-35)53-50(55-51)38-21-15-20-36(32-38)37-30-31-46-48(33-37)56-47-29-14-13-28-45(47)52(46)43-26-11-9-23-40(43)41-24-10-12-27-44(41)52/h1-33H. The Kier molecular flexibility index (Phi) is 7.36. The van der Waals surface area contributed by atoms with Gasteiger partial charge in [0.05, 0.1) is 5.41 Å². The topological polar surface area (TPSA) is 47.9 Å². The zero-order valence-corrected chi connectivity index (χ0v) is 30.3. The number of para-hydroxylation sites is 1. The first-order valence-electron chi connectivity index (χ1n) is 18.9. The summed E-state index contributed by atoms with van der Waals surface area (Å²) in [6, 6.07) is 70.1. The van der Waals surface area contributed by atoms with E-state index in [1.54, 1.807) is 0 Å². The molecule has 4 heteroatoms. The van der Waals surface area contributed by atoms with Crippen LogP contribution in [0.3, 0.4) is 0 Å². The lowest BCUT2D eigenvalue weighted by molar-refractivity contribution is 0.436. The third-order valence-electron chi connectivity index (χ3n) is 11.2. The number of benzene rings is 8. The average molecular weight is 716 g/mol. The maximum Gasteiger partial charge on any atom is 0.164 e. The van der Waals surface area contributed by atoms with Gasteiger partial charge in [-0.15, -0.1) is 0 Å². The van der Waals surface area contributed by atoms with Crippen LogP contribution in [0.25, 0.3) is 67.5 Å². The van der Waals surface area contributed by atoms with Crippen molar-refractivity contribution in [3.8, 4) is 79.0 Å². The van der Waals surface area contributed by atoms with Gasteiger partial charge in [-0.2, -0.15) is 0 Å². The molecular weight excluding hydrogens is 683 g/mol. The lowest BCUT2D eigenvalue weighted by atomic mass is 9.66. The van der Waals surface area contributed by atoms with Gasteiger partial charge in [0, 0.05) is 27.8 Å². The van der Waals surface area contributed by atoms with E-state index in [2.05, 4.69) is 158 Å². The number of nitrogens with zero attached hydrogens (tertiary/aromatic N) is 3. The van der Waals surface area contributed by atoms with Gasteiger partial charge in [-0.3, -0.25) is 0 Å². The van der Waals surface area contributed by atoms with Crippen LogP contribution < -0.4 is 4.74 Å². The Labute approximate surface area is 325 Å². The van der Waals surface area contributed by atoms with E-state index in [4.69, 9.17) is 19.7 Å². The Morgan fingerprint density at radius 2 is 0.768 bits per heavy atom. The molecule has 2 heterocycles. The highest BCUT2D eigenvalue weighted by atomic mass is 16.5. The number of hydrogen-bond acceptors (Lipinski definition) is 4. The Morgan fingerprint density at radius 3 is 1.48 bits per heavy atom. The highest BCUT2D eigenvalue weighted by Gasteiger charge is 2.50. The number of fused-ring (bicyclic) bond motifs is 9. The minimum atomic E-state index is -0.497. The number of aromatic nitrogens is 3. The molecule has 4 nitrogen and oxygen atoms in total. The van der Waals surface area contributed by atoms with Crippen LogP contribution in [0.2, 0.25) is 0 Å². The molecule has 11 rings (SSSR count). The van der Waals surface area contributed by atoms with Gasteiger partial charge in [0.1, 0.15) is 11.5 Å². The summed E-state index contributed by atoms with van der Waals surface area (Å²) in [5, 5.41) is 0. The van der Waals surface area contributed by atoms with Gasteiger partial charge in [-0.05, 0) is 62.7 Å². The second-order valence-electron chi connectivity index (χ2n) is 14.3.